The Labute approximate surface area is 119 Å². The normalized spacial score (nSPS) is 17.3. The lowest BCUT2D eigenvalue weighted by Gasteiger charge is -2.31. The highest BCUT2D eigenvalue weighted by atomic mass is 79.9. The maximum absolute atomic E-state index is 6.16. The maximum Gasteiger partial charge on any atom is 0.0504 e. The monoisotopic (exact) mass is 310 g/mol. The lowest BCUT2D eigenvalue weighted by molar-refractivity contribution is 0.185. The van der Waals surface area contributed by atoms with Crippen LogP contribution in [0.2, 0.25) is 0 Å². The zero-order chi connectivity index (χ0) is 13.1. The molecule has 18 heavy (non-hydrogen) atoms. The zero-order valence-electron chi connectivity index (χ0n) is 11.4. The van der Waals surface area contributed by atoms with Gasteiger partial charge in [-0.2, -0.15) is 0 Å². The summed E-state index contributed by atoms with van der Waals surface area (Å²) in [5, 5.41) is 0. The van der Waals surface area contributed by atoms with Gasteiger partial charge in [0.05, 0.1) is 5.69 Å². The van der Waals surface area contributed by atoms with Gasteiger partial charge in [-0.05, 0) is 59.9 Å². The molecule has 0 spiro atoms. The second-order valence-corrected chi connectivity index (χ2v) is 6.38. The van der Waals surface area contributed by atoms with E-state index in [1.807, 2.05) is 0 Å². The van der Waals surface area contributed by atoms with E-state index in [9.17, 15) is 0 Å². The molecule has 1 aromatic carbocycles. The van der Waals surface area contributed by atoms with Crippen molar-refractivity contribution in [2.75, 3.05) is 12.8 Å². The molecule has 3 heteroatoms. The van der Waals surface area contributed by atoms with Crippen molar-refractivity contribution in [1.29, 1.82) is 0 Å². The highest BCUT2D eigenvalue weighted by Gasteiger charge is 2.19. The summed E-state index contributed by atoms with van der Waals surface area (Å²) in [6, 6.07) is 5.02. The number of anilines is 1. The van der Waals surface area contributed by atoms with E-state index < -0.39 is 0 Å². The molecule has 0 radical (unpaired) electrons. The summed E-state index contributed by atoms with van der Waals surface area (Å²) in [5.74, 6) is 0. The number of nitrogens with two attached hydrogens (primary N) is 1. The van der Waals surface area contributed by atoms with E-state index in [1.165, 1.54) is 43.2 Å². The van der Waals surface area contributed by atoms with E-state index >= 15 is 0 Å². The summed E-state index contributed by atoms with van der Waals surface area (Å²) < 4.78 is 1.02. The number of rotatable bonds is 3. The molecule has 1 aromatic rings. The van der Waals surface area contributed by atoms with Crippen LogP contribution >= 0.6 is 15.9 Å². The van der Waals surface area contributed by atoms with Gasteiger partial charge < -0.3 is 5.73 Å². The molecule has 0 heterocycles. The smallest absolute Gasteiger partial charge is 0.0504 e. The summed E-state index contributed by atoms with van der Waals surface area (Å²) in [6.45, 7) is 3.07. The van der Waals surface area contributed by atoms with Gasteiger partial charge in [0.25, 0.3) is 0 Å². The molecular weight excluding hydrogens is 288 g/mol. The molecule has 0 atom stereocenters. The lowest BCUT2D eigenvalue weighted by atomic mass is 9.94. The standard InChI is InChI=1S/C15H23BrN2/c1-11-8-12(15(17)14(16)9-11)10-18(2)13-6-4-3-5-7-13/h8-9,13H,3-7,10,17H2,1-2H3. The van der Waals surface area contributed by atoms with E-state index in [2.05, 4.69) is 46.9 Å². The Balaban J connectivity index is 2.08. The largest absolute Gasteiger partial charge is 0.398 e. The Morgan fingerprint density at radius 2 is 1.94 bits per heavy atom. The minimum atomic E-state index is 0.734. The summed E-state index contributed by atoms with van der Waals surface area (Å²) in [4.78, 5) is 2.47. The summed E-state index contributed by atoms with van der Waals surface area (Å²) in [5.41, 5.74) is 9.56. The summed E-state index contributed by atoms with van der Waals surface area (Å²) in [6.07, 6.45) is 6.83. The van der Waals surface area contributed by atoms with Gasteiger partial charge in [-0.15, -0.1) is 0 Å². The van der Waals surface area contributed by atoms with E-state index in [0.717, 1.165) is 22.7 Å². The fraction of sp³-hybridized carbons (Fsp3) is 0.600. The first kappa shape index (κ1) is 13.9. The van der Waals surface area contributed by atoms with Crippen LogP contribution < -0.4 is 5.73 Å². The van der Waals surface area contributed by atoms with Gasteiger partial charge in [-0.3, -0.25) is 4.90 Å². The molecule has 0 aromatic heterocycles. The molecule has 1 fully saturated rings. The quantitative estimate of drug-likeness (QED) is 0.851. The summed E-state index contributed by atoms with van der Waals surface area (Å²) >= 11 is 3.54. The first-order valence-electron chi connectivity index (χ1n) is 6.82. The van der Waals surface area contributed by atoms with Gasteiger partial charge in [-0.25, -0.2) is 0 Å². The minimum absolute atomic E-state index is 0.734. The molecule has 0 bridgehead atoms. The van der Waals surface area contributed by atoms with Crippen molar-refractivity contribution in [2.45, 2.75) is 51.6 Å². The lowest BCUT2D eigenvalue weighted by Crippen LogP contribution is -2.33. The topological polar surface area (TPSA) is 29.3 Å². The molecule has 100 valence electrons. The van der Waals surface area contributed by atoms with Crippen molar-refractivity contribution >= 4 is 21.6 Å². The van der Waals surface area contributed by atoms with Crippen molar-refractivity contribution < 1.29 is 0 Å². The first-order chi connectivity index (χ1) is 8.58. The second-order valence-electron chi connectivity index (χ2n) is 5.53. The average molecular weight is 311 g/mol. The van der Waals surface area contributed by atoms with E-state index in [-0.39, 0.29) is 0 Å². The third-order valence-electron chi connectivity index (χ3n) is 3.98. The predicted octanol–water partition coefficient (Wildman–Crippen LogP) is 4.10. The Kier molecular flexibility index (Phi) is 4.68. The van der Waals surface area contributed by atoms with Crippen LogP contribution in [0.3, 0.4) is 0 Å². The number of nitrogens with zero attached hydrogens (tertiary/aromatic N) is 1. The van der Waals surface area contributed by atoms with Crippen molar-refractivity contribution in [2.24, 2.45) is 0 Å². The van der Waals surface area contributed by atoms with Crippen molar-refractivity contribution in [1.82, 2.24) is 4.90 Å². The number of hydrogen-bond donors (Lipinski definition) is 1. The molecule has 0 aliphatic heterocycles. The predicted molar refractivity (Wildman–Crippen MR) is 81.6 cm³/mol. The molecule has 0 saturated heterocycles. The van der Waals surface area contributed by atoms with Gasteiger partial charge in [-0.1, -0.05) is 25.3 Å². The van der Waals surface area contributed by atoms with Crippen molar-refractivity contribution in [3.63, 3.8) is 0 Å². The number of aryl methyl sites for hydroxylation is 1. The number of nitrogen functional groups attached to an aromatic ring is 1. The van der Waals surface area contributed by atoms with Crippen LogP contribution in [-0.2, 0) is 6.54 Å². The van der Waals surface area contributed by atoms with Crippen LogP contribution in [0.15, 0.2) is 16.6 Å². The number of halogens is 1. The third-order valence-corrected chi connectivity index (χ3v) is 4.63. The van der Waals surface area contributed by atoms with Crippen LogP contribution in [0.1, 0.15) is 43.2 Å². The molecule has 2 N–H and O–H groups in total. The van der Waals surface area contributed by atoms with Gasteiger partial charge in [0.15, 0.2) is 0 Å². The molecule has 0 unspecified atom stereocenters. The molecule has 1 saturated carbocycles. The first-order valence-corrected chi connectivity index (χ1v) is 7.62. The minimum Gasteiger partial charge on any atom is -0.398 e. The Bertz CT molecular complexity index is 411. The molecular formula is C15H23BrN2. The van der Waals surface area contributed by atoms with Crippen LogP contribution in [0, 0.1) is 6.92 Å². The van der Waals surface area contributed by atoms with Gasteiger partial charge in [0, 0.05) is 17.1 Å². The van der Waals surface area contributed by atoms with Crippen LogP contribution in [0.4, 0.5) is 5.69 Å². The molecule has 1 aliphatic carbocycles. The molecule has 1 aliphatic rings. The summed E-state index contributed by atoms with van der Waals surface area (Å²) in [7, 11) is 2.23. The van der Waals surface area contributed by atoms with Gasteiger partial charge in [0.2, 0.25) is 0 Å². The number of hydrogen-bond acceptors (Lipinski definition) is 2. The second kappa shape index (κ2) is 6.07. The van der Waals surface area contributed by atoms with E-state index in [1.54, 1.807) is 0 Å². The highest BCUT2D eigenvalue weighted by molar-refractivity contribution is 9.10. The van der Waals surface area contributed by atoms with Gasteiger partial charge in [0.1, 0.15) is 0 Å². The van der Waals surface area contributed by atoms with Crippen molar-refractivity contribution in [3.05, 3.63) is 27.7 Å². The SMILES string of the molecule is Cc1cc(Br)c(N)c(CN(C)C2CCCCC2)c1. The molecule has 2 nitrogen and oxygen atoms in total. The Hall–Kier alpha value is -0.540. The van der Waals surface area contributed by atoms with E-state index in [4.69, 9.17) is 5.73 Å². The third kappa shape index (κ3) is 3.27. The Morgan fingerprint density at radius 3 is 2.61 bits per heavy atom. The fourth-order valence-electron chi connectivity index (χ4n) is 2.88. The van der Waals surface area contributed by atoms with Crippen LogP contribution in [0.25, 0.3) is 0 Å². The number of benzene rings is 1. The van der Waals surface area contributed by atoms with Gasteiger partial charge >= 0.3 is 0 Å². The molecule has 0 amide bonds. The van der Waals surface area contributed by atoms with Crippen LogP contribution in [0.5, 0.6) is 0 Å². The van der Waals surface area contributed by atoms with Crippen molar-refractivity contribution in [3.8, 4) is 0 Å². The average Bonchev–Trinajstić information content (AvgIpc) is 2.36. The Morgan fingerprint density at radius 1 is 1.28 bits per heavy atom. The highest BCUT2D eigenvalue weighted by Crippen LogP contribution is 2.28. The zero-order valence-corrected chi connectivity index (χ0v) is 13.0. The van der Waals surface area contributed by atoms with E-state index in [0.29, 0.717) is 0 Å². The molecule has 2 rings (SSSR count). The van der Waals surface area contributed by atoms with Crippen LogP contribution in [-0.4, -0.2) is 18.0 Å². The fourth-order valence-corrected chi connectivity index (χ4v) is 3.49. The maximum atomic E-state index is 6.16.